The zero-order valence-corrected chi connectivity index (χ0v) is 15.1. The molecule has 2 saturated heterocycles. The Hall–Kier alpha value is -2.63. The molecule has 2 amide bonds. The van der Waals surface area contributed by atoms with E-state index in [-0.39, 0.29) is 29.6 Å². The SMILES string of the molecule is O=C(c1ccoc1)N1CC[C@H]2[C@H](CCC(=O)N2CCc2ccccc2F)C1. The number of nitrogens with zero attached hydrogens (tertiary/aromatic N) is 2. The molecule has 2 aromatic rings. The molecule has 0 radical (unpaired) electrons. The van der Waals surface area contributed by atoms with Crippen LogP contribution in [0.5, 0.6) is 0 Å². The Morgan fingerprint density at radius 1 is 1.22 bits per heavy atom. The lowest BCUT2D eigenvalue weighted by atomic mass is 9.83. The Balaban J connectivity index is 1.42. The van der Waals surface area contributed by atoms with E-state index in [9.17, 15) is 14.0 Å². The lowest BCUT2D eigenvalue weighted by Gasteiger charge is -2.47. The van der Waals surface area contributed by atoms with Gasteiger partial charge in [0.15, 0.2) is 0 Å². The van der Waals surface area contributed by atoms with Crippen LogP contribution in [-0.4, -0.2) is 47.3 Å². The largest absolute Gasteiger partial charge is 0.472 e. The van der Waals surface area contributed by atoms with Crippen molar-refractivity contribution in [3.8, 4) is 0 Å². The minimum Gasteiger partial charge on any atom is -0.472 e. The highest BCUT2D eigenvalue weighted by atomic mass is 19.1. The average Bonchev–Trinajstić information content (AvgIpc) is 3.22. The summed E-state index contributed by atoms with van der Waals surface area (Å²) in [6.07, 6.45) is 5.54. The van der Waals surface area contributed by atoms with E-state index in [1.807, 2.05) is 15.9 Å². The molecule has 0 saturated carbocycles. The fourth-order valence-corrected chi connectivity index (χ4v) is 4.34. The number of furan rings is 1. The summed E-state index contributed by atoms with van der Waals surface area (Å²) in [4.78, 5) is 28.8. The van der Waals surface area contributed by atoms with E-state index in [2.05, 4.69) is 0 Å². The number of fused-ring (bicyclic) bond motifs is 1. The van der Waals surface area contributed by atoms with Gasteiger partial charge in [-0.15, -0.1) is 0 Å². The summed E-state index contributed by atoms with van der Waals surface area (Å²) in [5.41, 5.74) is 1.21. The van der Waals surface area contributed by atoms with Gasteiger partial charge < -0.3 is 14.2 Å². The molecule has 1 aromatic heterocycles. The van der Waals surface area contributed by atoms with Crippen LogP contribution in [0.15, 0.2) is 47.3 Å². The van der Waals surface area contributed by atoms with Gasteiger partial charge in [0.2, 0.25) is 5.91 Å². The van der Waals surface area contributed by atoms with E-state index in [4.69, 9.17) is 4.42 Å². The third-order valence-electron chi connectivity index (χ3n) is 5.78. The first-order valence-corrected chi connectivity index (χ1v) is 9.48. The summed E-state index contributed by atoms with van der Waals surface area (Å²) >= 11 is 0. The summed E-state index contributed by atoms with van der Waals surface area (Å²) in [6.45, 7) is 1.80. The maximum atomic E-state index is 13.9. The number of piperidine rings is 2. The van der Waals surface area contributed by atoms with E-state index < -0.39 is 0 Å². The lowest BCUT2D eigenvalue weighted by Crippen LogP contribution is -2.57. The fraction of sp³-hybridized carbons (Fsp3) is 0.429. The molecule has 142 valence electrons. The summed E-state index contributed by atoms with van der Waals surface area (Å²) in [5.74, 6) is 0.172. The highest BCUT2D eigenvalue weighted by Gasteiger charge is 2.40. The van der Waals surface area contributed by atoms with E-state index in [1.165, 1.54) is 18.6 Å². The topological polar surface area (TPSA) is 53.8 Å². The van der Waals surface area contributed by atoms with Crippen molar-refractivity contribution in [2.75, 3.05) is 19.6 Å². The molecule has 5 nitrogen and oxygen atoms in total. The summed E-state index contributed by atoms with van der Waals surface area (Å²) < 4.78 is 18.9. The zero-order valence-electron chi connectivity index (χ0n) is 15.1. The minimum absolute atomic E-state index is 0.0167. The van der Waals surface area contributed by atoms with Gasteiger partial charge in [0.1, 0.15) is 12.1 Å². The average molecular weight is 370 g/mol. The van der Waals surface area contributed by atoms with E-state index in [0.29, 0.717) is 43.6 Å². The van der Waals surface area contributed by atoms with Crippen LogP contribution in [0.2, 0.25) is 0 Å². The van der Waals surface area contributed by atoms with Crippen LogP contribution in [-0.2, 0) is 11.2 Å². The van der Waals surface area contributed by atoms with Crippen molar-refractivity contribution in [2.45, 2.75) is 31.7 Å². The van der Waals surface area contributed by atoms with Crippen molar-refractivity contribution >= 4 is 11.8 Å². The van der Waals surface area contributed by atoms with Crippen molar-refractivity contribution in [3.05, 3.63) is 59.8 Å². The van der Waals surface area contributed by atoms with Crippen molar-refractivity contribution in [3.63, 3.8) is 0 Å². The normalized spacial score (nSPS) is 22.6. The molecule has 1 aromatic carbocycles. The zero-order chi connectivity index (χ0) is 18.8. The number of carbonyl (C=O) groups excluding carboxylic acids is 2. The molecular formula is C21H23FN2O3. The third kappa shape index (κ3) is 3.61. The highest BCUT2D eigenvalue weighted by molar-refractivity contribution is 5.94. The van der Waals surface area contributed by atoms with Crippen LogP contribution in [0.25, 0.3) is 0 Å². The van der Waals surface area contributed by atoms with Gasteiger partial charge in [-0.25, -0.2) is 4.39 Å². The molecule has 2 atom stereocenters. The van der Waals surface area contributed by atoms with Gasteiger partial charge in [0, 0.05) is 32.1 Å². The van der Waals surface area contributed by atoms with Crippen LogP contribution < -0.4 is 0 Å². The number of halogens is 1. The van der Waals surface area contributed by atoms with Gasteiger partial charge >= 0.3 is 0 Å². The number of hydrogen-bond donors (Lipinski definition) is 0. The van der Waals surface area contributed by atoms with Gasteiger partial charge in [-0.05, 0) is 42.9 Å². The second kappa shape index (κ2) is 7.55. The Kier molecular flexibility index (Phi) is 4.97. The smallest absolute Gasteiger partial charge is 0.257 e. The highest BCUT2D eigenvalue weighted by Crippen LogP contribution is 2.32. The molecule has 0 N–H and O–H groups in total. The second-order valence-electron chi connectivity index (χ2n) is 7.35. The molecule has 3 heterocycles. The molecular weight excluding hydrogens is 347 g/mol. The maximum absolute atomic E-state index is 13.9. The van der Waals surface area contributed by atoms with Crippen LogP contribution in [0, 0.1) is 11.7 Å². The molecule has 2 fully saturated rings. The fourth-order valence-electron chi connectivity index (χ4n) is 4.34. The maximum Gasteiger partial charge on any atom is 0.257 e. The number of amides is 2. The molecule has 0 spiro atoms. The van der Waals surface area contributed by atoms with Crippen LogP contribution in [0.3, 0.4) is 0 Å². The van der Waals surface area contributed by atoms with Gasteiger partial charge in [-0.3, -0.25) is 9.59 Å². The van der Waals surface area contributed by atoms with Crippen molar-refractivity contribution in [1.29, 1.82) is 0 Å². The molecule has 6 heteroatoms. The molecule has 0 unspecified atom stereocenters. The monoisotopic (exact) mass is 370 g/mol. The Morgan fingerprint density at radius 2 is 2.07 bits per heavy atom. The molecule has 0 bridgehead atoms. The second-order valence-corrected chi connectivity index (χ2v) is 7.35. The van der Waals surface area contributed by atoms with Gasteiger partial charge in [0.05, 0.1) is 11.8 Å². The Bertz CT molecular complexity index is 821. The molecule has 27 heavy (non-hydrogen) atoms. The standard InChI is InChI=1S/C21H23FN2O3/c22-18-4-2-1-3-15(18)7-11-24-19-8-10-23(13-16(19)5-6-20(24)25)21(26)17-9-12-27-14-17/h1-4,9,12,14,16,19H,5-8,10-11,13H2/t16-,19+/m1/s1. The van der Waals surface area contributed by atoms with Crippen LogP contribution in [0.4, 0.5) is 4.39 Å². The van der Waals surface area contributed by atoms with E-state index in [0.717, 1.165) is 12.8 Å². The first-order valence-electron chi connectivity index (χ1n) is 9.48. The summed E-state index contributed by atoms with van der Waals surface area (Å²) in [5, 5.41) is 0. The minimum atomic E-state index is -0.223. The quantitative estimate of drug-likeness (QED) is 0.831. The van der Waals surface area contributed by atoms with Crippen molar-refractivity contribution in [1.82, 2.24) is 9.80 Å². The van der Waals surface area contributed by atoms with Gasteiger partial charge in [-0.2, -0.15) is 0 Å². The predicted molar refractivity (Wildman–Crippen MR) is 97.6 cm³/mol. The van der Waals surface area contributed by atoms with Crippen molar-refractivity contribution in [2.24, 2.45) is 5.92 Å². The third-order valence-corrected chi connectivity index (χ3v) is 5.78. The number of hydrogen-bond acceptors (Lipinski definition) is 3. The van der Waals surface area contributed by atoms with Crippen LogP contribution >= 0.6 is 0 Å². The Morgan fingerprint density at radius 3 is 2.85 bits per heavy atom. The molecule has 4 rings (SSSR count). The van der Waals surface area contributed by atoms with Crippen molar-refractivity contribution < 1.29 is 18.4 Å². The summed E-state index contributed by atoms with van der Waals surface area (Å²) in [7, 11) is 0. The van der Waals surface area contributed by atoms with Gasteiger partial charge in [0.25, 0.3) is 5.91 Å². The number of rotatable bonds is 4. The number of carbonyl (C=O) groups is 2. The molecule has 2 aliphatic heterocycles. The number of benzene rings is 1. The summed E-state index contributed by atoms with van der Waals surface area (Å²) in [6, 6.07) is 8.53. The van der Waals surface area contributed by atoms with Crippen LogP contribution in [0.1, 0.15) is 35.2 Å². The molecule has 2 aliphatic rings. The predicted octanol–water partition coefficient (Wildman–Crippen LogP) is 3.11. The van der Waals surface area contributed by atoms with E-state index >= 15 is 0 Å². The lowest BCUT2D eigenvalue weighted by molar-refractivity contribution is -0.140. The Labute approximate surface area is 157 Å². The van der Waals surface area contributed by atoms with E-state index in [1.54, 1.807) is 18.2 Å². The molecule has 0 aliphatic carbocycles. The first-order chi connectivity index (χ1) is 13.1. The first kappa shape index (κ1) is 17.8. The van der Waals surface area contributed by atoms with Gasteiger partial charge in [-0.1, -0.05) is 18.2 Å². The number of likely N-dealkylation sites (tertiary alicyclic amines) is 2.